The molecule has 0 saturated carbocycles. The Labute approximate surface area is 212 Å². The number of carbonyl (C=O) groups excluding carboxylic acids is 1. The van der Waals surface area contributed by atoms with Gasteiger partial charge in [0.1, 0.15) is 18.1 Å². The number of likely N-dealkylation sites (tertiary alicyclic amines) is 1. The van der Waals surface area contributed by atoms with Gasteiger partial charge in [-0.05, 0) is 67.8 Å². The van der Waals surface area contributed by atoms with Crippen molar-refractivity contribution >= 4 is 29.0 Å². The predicted octanol–water partition coefficient (Wildman–Crippen LogP) is 5.11. The first-order valence-corrected chi connectivity index (χ1v) is 12.2. The third-order valence-electron chi connectivity index (χ3n) is 6.51. The fourth-order valence-corrected chi connectivity index (χ4v) is 4.65. The number of rotatable bonds is 9. The van der Waals surface area contributed by atoms with Crippen LogP contribution in [-0.4, -0.2) is 60.8 Å². The molecule has 2 heterocycles. The molecule has 36 heavy (non-hydrogen) atoms. The average Bonchev–Trinajstić information content (AvgIpc) is 2.91. The maximum absolute atomic E-state index is 12.3. The van der Waals surface area contributed by atoms with E-state index in [1.807, 2.05) is 59.5 Å². The van der Waals surface area contributed by atoms with Crippen LogP contribution >= 0.6 is 0 Å². The van der Waals surface area contributed by atoms with Crippen molar-refractivity contribution in [3.63, 3.8) is 0 Å². The lowest BCUT2D eigenvalue weighted by Crippen LogP contribution is -2.43. The van der Waals surface area contributed by atoms with E-state index in [0.717, 1.165) is 46.5 Å². The van der Waals surface area contributed by atoms with E-state index in [1.165, 1.54) is 6.08 Å². The number of carbonyl (C=O) groups is 1. The maximum Gasteiger partial charge on any atom is 0.246 e. The van der Waals surface area contributed by atoms with Crippen LogP contribution < -0.4 is 9.47 Å². The molecule has 0 spiro atoms. The molecule has 0 N–H and O–H groups in total. The number of piperidine rings is 1. The Morgan fingerprint density at radius 1 is 1.11 bits per heavy atom. The molecule has 0 bridgehead atoms. The summed E-state index contributed by atoms with van der Waals surface area (Å²) in [6, 6.07) is 13.9. The van der Waals surface area contributed by atoms with Gasteiger partial charge in [-0.25, -0.2) is 9.97 Å². The molecule has 1 amide bonds. The van der Waals surface area contributed by atoms with Crippen LogP contribution in [0.5, 0.6) is 11.5 Å². The van der Waals surface area contributed by atoms with E-state index in [-0.39, 0.29) is 17.9 Å². The van der Waals surface area contributed by atoms with E-state index >= 15 is 0 Å². The first kappa shape index (κ1) is 25.4. The van der Waals surface area contributed by atoms with Crippen LogP contribution in [0.3, 0.4) is 0 Å². The van der Waals surface area contributed by atoms with E-state index in [9.17, 15) is 4.79 Å². The molecule has 7 heteroatoms. The number of fused-ring (bicyclic) bond motifs is 1. The van der Waals surface area contributed by atoms with Gasteiger partial charge in [-0.1, -0.05) is 24.8 Å². The summed E-state index contributed by atoms with van der Waals surface area (Å²) in [7, 11) is 3.31. The Morgan fingerprint density at radius 3 is 2.72 bits per heavy atom. The smallest absolute Gasteiger partial charge is 0.246 e. The minimum absolute atomic E-state index is 0.0239. The third-order valence-corrected chi connectivity index (χ3v) is 6.51. The molecule has 1 aliphatic rings. The Bertz CT molecular complexity index is 1260. The minimum atomic E-state index is -0.0239. The largest absolute Gasteiger partial charge is 0.497 e. The number of ether oxygens (including phenoxy) is 3. The number of hydrogen-bond acceptors (Lipinski definition) is 6. The summed E-state index contributed by atoms with van der Waals surface area (Å²) in [6.07, 6.45) is 6.95. The topological polar surface area (TPSA) is 73.8 Å². The first-order chi connectivity index (χ1) is 17.5. The Hall–Kier alpha value is -3.71. The summed E-state index contributed by atoms with van der Waals surface area (Å²) in [4.78, 5) is 24.0. The molecular formula is C29H33N3O4. The molecule has 4 rings (SSSR count). The number of aromatic nitrogens is 2. The summed E-state index contributed by atoms with van der Waals surface area (Å²) in [6.45, 7) is 7.38. The van der Waals surface area contributed by atoms with Gasteiger partial charge in [0.2, 0.25) is 5.91 Å². The molecule has 1 saturated heterocycles. The van der Waals surface area contributed by atoms with Crippen LogP contribution in [0, 0.1) is 0 Å². The second kappa shape index (κ2) is 11.8. The monoisotopic (exact) mass is 487 g/mol. The zero-order chi connectivity index (χ0) is 25.5. The van der Waals surface area contributed by atoms with Crippen molar-refractivity contribution in [1.82, 2.24) is 14.9 Å². The molecule has 1 aromatic heterocycles. The molecule has 7 nitrogen and oxygen atoms in total. The highest BCUT2D eigenvalue weighted by Crippen LogP contribution is 2.35. The Kier molecular flexibility index (Phi) is 8.33. The first-order valence-electron chi connectivity index (χ1n) is 12.2. The molecule has 1 aliphatic heterocycles. The third kappa shape index (κ3) is 5.91. The van der Waals surface area contributed by atoms with Crippen molar-refractivity contribution in [3.8, 4) is 11.5 Å². The lowest BCUT2D eigenvalue weighted by atomic mass is 9.87. The zero-order valence-corrected chi connectivity index (χ0v) is 21.1. The Morgan fingerprint density at radius 2 is 1.97 bits per heavy atom. The van der Waals surface area contributed by atoms with Gasteiger partial charge >= 0.3 is 0 Å². The van der Waals surface area contributed by atoms with Crippen LogP contribution in [0.1, 0.15) is 42.8 Å². The molecule has 0 radical (unpaired) electrons. The number of amides is 1. The summed E-state index contributed by atoms with van der Waals surface area (Å²) in [5.41, 5.74) is 2.85. The molecule has 3 aromatic rings. The minimum Gasteiger partial charge on any atom is -0.497 e. The van der Waals surface area contributed by atoms with Crippen molar-refractivity contribution in [3.05, 3.63) is 72.2 Å². The lowest BCUT2D eigenvalue weighted by Gasteiger charge is -2.37. The molecule has 2 aromatic carbocycles. The Balaban J connectivity index is 1.70. The molecule has 0 aliphatic carbocycles. The van der Waals surface area contributed by atoms with Gasteiger partial charge in [-0.15, -0.1) is 0 Å². The number of hydrogen-bond donors (Lipinski definition) is 0. The van der Waals surface area contributed by atoms with Gasteiger partial charge < -0.3 is 19.1 Å². The van der Waals surface area contributed by atoms with Crippen LogP contribution in [0.2, 0.25) is 0 Å². The summed E-state index contributed by atoms with van der Waals surface area (Å²) < 4.78 is 16.3. The number of methoxy groups -OCH3 is 2. The lowest BCUT2D eigenvalue weighted by molar-refractivity contribution is -0.129. The van der Waals surface area contributed by atoms with E-state index in [0.29, 0.717) is 25.6 Å². The van der Waals surface area contributed by atoms with Crippen molar-refractivity contribution in [2.75, 3.05) is 34.0 Å². The van der Waals surface area contributed by atoms with E-state index in [1.54, 1.807) is 14.2 Å². The van der Waals surface area contributed by atoms with Crippen LogP contribution in [0.15, 0.2) is 55.1 Å². The highest BCUT2D eigenvalue weighted by Gasteiger charge is 2.30. The van der Waals surface area contributed by atoms with E-state index < -0.39 is 0 Å². The highest BCUT2D eigenvalue weighted by molar-refractivity contribution is 5.87. The van der Waals surface area contributed by atoms with Gasteiger partial charge in [-0.2, -0.15) is 0 Å². The van der Waals surface area contributed by atoms with Crippen LogP contribution in [-0.2, 0) is 9.53 Å². The molecular weight excluding hydrogens is 454 g/mol. The molecule has 188 valence electrons. The SMILES string of the molecule is C=CC(=O)N1CCC(c2nc(/C=C/c3cccc(OC)c3)nc3ccc(OCCOC)cc23)C[C@@H]1C. The quantitative estimate of drug-likeness (QED) is 0.308. The summed E-state index contributed by atoms with van der Waals surface area (Å²) in [5, 5.41) is 0.976. The highest BCUT2D eigenvalue weighted by atomic mass is 16.5. The predicted molar refractivity (Wildman–Crippen MR) is 142 cm³/mol. The van der Waals surface area contributed by atoms with Gasteiger partial charge in [-0.3, -0.25) is 4.79 Å². The van der Waals surface area contributed by atoms with Gasteiger partial charge in [0.25, 0.3) is 0 Å². The molecule has 1 fully saturated rings. The number of nitrogens with zero attached hydrogens (tertiary/aromatic N) is 3. The van der Waals surface area contributed by atoms with E-state index in [4.69, 9.17) is 24.2 Å². The van der Waals surface area contributed by atoms with Gasteiger partial charge in [0, 0.05) is 31.0 Å². The van der Waals surface area contributed by atoms with Crippen molar-refractivity contribution in [1.29, 1.82) is 0 Å². The van der Waals surface area contributed by atoms with Crippen molar-refractivity contribution < 1.29 is 19.0 Å². The van der Waals surface area contributed by atoms with Crippen molar-refractivity contribution in [2.45, 2.75) is 31.7 Å². The fraction of sp³-hybridized carbons (Fsp3) is 0.345. The van der Waals surface area contributed by atoms with Crippen molar-refractivity contribution in [2.24, 2.45) is 0 Å². The number of benzene rings is 2. The average molecular weight is 488 g/mol. The normalized spacial score (nSPS) is 17.9. The molecule has 1 unspecified atom stereocenters. The maximum atomic E-state index is 12.3. The van der Waals surface area contributed by atoms with Gasteiger partial charge in [0.15, 0.2) is 5.82 Å². The van der Waals surface area contributed by atoms with E-state index in [2.05, 4.69) is 13.5 Å². The second-order valence-electron chi connectivity index (χ2n) is 8.90. The standard InChI is InChI=1S/C29H33N3O4/c1-5-28(33)32-14-13-22(17-20(32)2)29-25-19-24(36-16-15-34-3)10-11-26(25)30-27(31-29)12-9-21-7-6-8-23(18-21)35-4/h5-12,18-20,22H,1,13-17H2,2-4H3/b12-9+/t20-,22?/m0/s1. The summed E-state index contributed by atoms with van der Waals surface area (Å²) >= 11 is 0. The molecule has 2 atom stereocenters. The zero-order valence-electron chi connectivity index (χ0n) is 21.1. The second-order valence-corrected chi connectivity index (χ2v) is 8.90. The van der Waals surface area contributed by atoms with Crippen LogP contribution in [0.25, 0.3) is 23.1 Å². The van der Waals surface area contributed by atoms with Gasteiger partial charge in [0.05, 0.1) is 24.9 Å². The fourth-order valence-electron chi connectivity index (χ4n) is 4.65. The summed E-state index contributed by atoms with van der Waals surface area (Å²) in [5.74, 6) is 2.37. The van der Waals surface area contributed by atoms with Crippen LogP contribution in [0.4, 0.5) is 0 Å².